The monoisotopic (exact) mass is 270 g/mol. The first kappa shape index (κ1) is 14.1. The zero-order chi connectivity index (χ0) is 14.2. The largest absolute Gasteiger partial charge is 0.349 e. The first-order chi connectivity index (χ1) is 9.75. The van der Waals surface area contributed by atoms with Crippen LogP contribution in [0.15, 0.2) is 48.9 Å². The van der Waals surface area contributed by atoms with E-state index < -0.39 is 6.04 Å². The third-order valence-electron chi connectivity index (χ3n) is 3.01. The van der Waals surface area contributed by atoms with Crippen molar-refractivity contribution >= 4 is 5.91 Å². The molecule has 0 aliphatic rings. The van der Waals surface area contributed by atoms with Crippen molar-refractivity contribution in [2.45, 2.75) is 25.4 Å². The zero-order valence-corrected chi connectivity index (χ0v) is 11.2. The number of hydrogen-bond acceptors (Lipinski definition) is 4. The summed E-state index contributed by atoms with van der Waals surface area (Å²) in [6.07, 6.45) is 4.52. The molecule has 1 aromatic heterocycles. The molecule has 0 bridgehead atoms. The van der Waals surface area contributed by atoms with Gasteiger partial charge in [0, 0.05) is 6.20 Å². The maximum absolute atomic E-state index is 11.9. The van der Waals surface area contributed by atoms with Crippen molar-refractivity contribution in [2.24, 2.45) is 5.73 Å². The fourth-order valence-corrected chi connectivity index (χ4v) is 1.83. The molecule has 1 amide bonds. The first-order valence-corrected chi connectivity index (χ1v) is 6.58. The van der Waals surface area contributed by atoms with Crippen LogP contribution in [-0.2, 0) is 17.8 Å². The van der Waals surface area contributed by atoms with Crippen LogP contribution in [0, 0.1) is 0 Å². The van der Waals surface area contributed by atoms with Crippen molar-refractivity contribution in [3.63, 3.8) is 0 Å². The van der Waals surface area contributed by atoms with E-state index >= 15 is 0 Å². The lowest BCUT2D eigenvalue weighted by molar-refractivity contribution is -0.122. The SMILES string of the molecule is NC(CCc1ccccc1)C(=O)NCc1ccncn1. The van der Waals surface area contributed by atoms with Crippen LogP contribution in [0.4, 0.5) is 0 Å². The average Bonchev–Trinajstić information content (AvgIpc) is 2.52. The molecule has 0 aliphatic carbocycles. The van der Waals surface area contributed by atoms with Gasteiger partial charge in [-0.15, -0.1) is 0 Å². The normalized spacial score (nSPS) is 11.8. The van der Waals surface area contributed by atoms with Crippen molar-refractivity contribution in [1.82, 2.24) is 15.3 Å². The van der Waals surface area contributed by atoms with E-state index in [2.05, 4.69) is 15.3 Å². The smallest absolute Gasteiger partial charge is 0.237 e. The van der Waals surface area contributed by atoms with Crippen molar-refractivity contribution in [3.8, 4) is 0 Å². The molecule has 1 unspecified atom stereocenters. The molecule has 1 heterocycles. The summed E-state index contributed by atoms with van der Waals surface area (Å²) in [5.41, 5.74) is 7.84. The fourth-order valence-electron chi connectivity index (χ4n) is 1.83. The van der Waals surface area contributed by atoms with Gasteiger partial charge in [-0.05, 0) is 24.5 Å². The van der Waals surface area contributed by atoms with Gasteiger partial charge < -0.3 is 11.1 Å². The van der Waals surface area contributed by atoms with Gasteiger partial charge in [-0.1, -0.05) is 30.3 Å². The second kappa shape index (κ2) is 7.35. The van der Waals surface area contributed by atoms with Gasteiger partial charge >= 0.3 is 0 Å². The Hall–Kier alpha value is -2.27. The van der Waals surface area contributed by atoms with E-state index in [0.717, 1.165) is 12.1 Å². The summed E-state index contributed by atoms with van der Waals surface area (Å²) in [4.78, 5) is 19.7. The summed E-state index contributed by atoms with van der Waals surface area (Å²) in [5.74, 6) is -0.153. The Balaban J connectivity index is 1.75. The van der Waals surface area contributed by atoms with E-state index in [9.17, 15) is 4.79 Å². The number of aryl methyl sites for hydroxylation is 1. The van der Waals surface area contributed by atoms with E-state index in [1.165, 1.54) is 11.9 Å². The molecule has 5 heteroatoms. The lowest BCUT2D eigenvalue weighted by Crippen LogP contribution is -2.40. The number of benzene rings is 1. The number of carbonyl (C=O) groups excluding carboxylic acids is 1. The standard InChI is InChI=1S/C15H18N4O/c16-14(7-6-12-4-2-1-3-5-12)15(20)18-10-13-8-9-17-11-19-13/h1-5,8-9,11,14H,6-7,10,16H2,(H,18,20). The van der Waals surface area contributed by atoms with Crippen LogP contribution in [0.1, 0.15) is 17.7 Å². The predicted octanol–water partition coefficient (Wildman–Crippen LogP) is 1.05. The van der Waals surface area contributed by atoms with Crippen molar-refractivity contribution < 1.29 is 4.79 Å². The molecule has 1 atom stereocenters. The second-order valence-electron chi connectivity index (χ2n) is 4.55. The Morgan fingerprint density at radius 3 is 2.75 bits per heavy atom. The van der Waals surface area contributed by atoms with Crippen LogP contribution < -0.4 is 11.1 Å². The Kier molecular flexibility index (Phi) is 5.20. The molecule has 0 radical (unpaired) electrons. The summed E-state index contributed by atoms with van der Waals surface area (Å²) in [5, 5.41) is 2.78. The molecule has 3 N–H and O–H groups in total. The Labute approximate surface area is 118 Å². The van der Waals surface area contributed by atoms with Crippen LogP contribution in [-0.4, -0.2) is 21.9 Å². The lowest BCUT2D eigenvalue weighted by atomic mass is 10.1. The second-order valence-corrected chi connectivity index (χ2v) is 4.55. The van der Waals surface area contributed by atoms with E-state index in [4.69, 9.17) is 5.73 Å². The van der Waals surface area contributed by atoms with Crippen molar-refractivity contribution in [1.29, 1.82) is 0 Å². The number of nitrogens with two attached hydrogens (primary N) is 1. The molecule has 0 saturated heterocycles. The Bertz CT molecular complexity index is 530. The highest BCUT2D eigenvalue weighted by atomic mass is 16.2. The maximum atomic E-state index is 11.9. The average molecular weight is 270 g/mol. The number of aromatic nitrogens is 2. The Morgan fingerprint density at radius 2 is 2.05 bits per heavy atom. The minimum atomic E-state index is -0.503. The lowest BCUT2D eigenvalue weighted by Gasteiger charge is -2.12. The van der Waals surface area contributed by atoms with Crippen LogP contribution in [0.2, 0.25) is 0 Å². The third kappa shape index (κ3) is 4.44. The quantitative estimate of drug-likeness (QED) is 0.822. The van der Waals surface area contributed by atoms with E-state index in [1.807, 2.05) is 30.3 Å². The number of hydrogen-bond donors (Lipinski definition) is 2. The predicted molar refractivity (Wildman–Crippen MR) is 76.6 cm³/mol. The summed E-state index contributed by atoms with van der Waals surface area (Å²) in [6.45, 7) is 0.375. The van der Waals surface area contributed by atoms with Crippen molar-refractivity contribution in [3.05, 3.63) is 60.2 Å². The first-order valence-electron chi connectivity index (χ1n) is 6.58. The number of carbonyl (C=O) groups is 1. The molecule has 0 saturated carbocycles. The molecule has 2 rings (SSSR count). The summed E-state index contributed by atoms with van der Waals surface area (Å²) < 4.78 is 0. The van der Waals surface area contributed by atoms with Gasteiger partial charge in [-0.25, -0.2) is 9.97 Å². The van der Waals surface area contributed by atoms with Gasteiger partial charge in [0.2, 0.25) is 5.91 Å². The van der Waals surface area contributed by atoms with E-state index in [0.29, 0.717) is 13.0 Å². The van der Waals surface area contributed by atoms with Crippen LogP contribution in [0.3, 0.4) is 0 Å². The van der Waals surface area contributed by atoms with Gasteiger partial charge in [0.25, 0.3) is 0 Å². The molecule has 5 nitrogen and oxygen atoms in total. The molecule has 1 aromatic carbocycles. The molecule has 0 spiro atoms. The minimum absolute atomic E-state index is 0.153. The van der Waals surface area contributed by atoms with Gasteiger partial charge in [0.1, 0.15) is 6.33 Å². The number of nitrogens with one attached hydrogen (secondary N) is 1. The van der Waals surface area contributed by atoms with Crippen LogP contribution in [0.5, 0.6) is 0 Å². The molecular formula is C15H18N4O. The minimum Gasteiger partial charge on any atom is -0.349 e. The molecule has 20 heavy (non-hydrogen) atoms. The van der Waals surface area contributed by atoms with Gasteiger partial charge in [0.15, 0.2) is 0 Å². The van der Waals surface area contributed by atoms with E-state index in [1.54, 1.807) is 12.3 Å². The number of rotatable bonds is 6. The number of nitrogens with zero attached hydrogens (tertiary/aromatic N) is 2. The summed E-state index contributed by atoms with van der Waals surface area (Å²) >= 11 is 0. The highest BCUT2D eigenvalue weighted by Gasteiger charge is 2.12. The third-order valence-corrected chi connectivity index (χ3v) is 3.01. The highest BCUT2D eigenvalue weighted by Crippen LogP contribution is 2.04. The molecular weight excluding hydrogens is 252 g/mol. The number of amides is 1. The molecule has 104 valence electrons. The van der Waals surface area contributed by atoms with Gasteiger partial charge in [0.05, 0.1) is 18.3 Å². The van der Waals surface area contributed by atoms with Crippen molar-refractivity contribution in [2.75, 3.05) is 0 Å². The zero-order valence-electron chi connectivity index (χ0n) is 11.2. The molecule has 2 aromatic rings. The summed E-state index contributed by atoms with van der Waals surface area (Å²) in [6, 6.07) is 11.3. The van der Waals surface area contributed by atoms with Gasteiger partial charge in [-0.2, -0.15) is 0 Å². The van der Waals surface area contributed by atoms with Crippen LogP contribution >= 0.6 is 0 Å². The summed E-state index contributed by atoms with van der Waals surface area (Å²) in [7, 11) is 0. The Morgan fingerprint density at radius 1 is 1.25 bits per heavy atom. The maximum Gasteiger partial charge on any atom is 0.237 e. The molecule has 0 fully saturated rings. The fraction of sp³-hybridized carbons (Fsp3) is 0.267. The van der Waals surface area contributed by atoms with Crippen LogP contribution in [0.25, 0.3) is 0 Å². The highest BCUT2D eigenvalue weighted by molar-refractivity contribution is 5.81. The van der Waals surface area contributed by atoms with E-state index in [-0.39, 0.29) is 5.91 Å². The topological polar surface area (TPSA) is 80.9 Å². The molecule has 0 aliphatic heterocycles. The van der Waals surface area contributed by atoms with Gasteiger partial charge in [-0.3, -0.25) is 4.79 Å².